The Labute approximate surface area is 129 Å². The van der Waals surface area contributed by atoms with Crippen molar-refractivity contribution in [3.8, 4) is 0 Å². The predicted octanol–water partition coefficient (Wildman–Crippen LogP) is 1.55. The summed E-state index contributed by atoms with van der Waals surface area (Å²) in [6, 6.07) is -0.589. The van der Waals surface area contributed by atoms with Gasteiger partial charge in [0, 0.05) is 18.5 Å². The van der Waals surface area contributed by atoms with Crippen LogP contribution < -0.4 is 0 Å². The number of carbonyl (C=O) groups is 3. The van der Waals surface area contributed by atoms with Crippen LogP contribution in [0.15, 0.2) is 0 Å². The third-order valence-corrected chi connectivity index (χ3v) is 4.94. The fourth-order valence-corrected chi connectivity index (χ4v) is 3.86. The first kappa shape index (κ1) is 15.1. The number of ketones is 1. The molecule has 22 heavy (non-hydrogen) atoms. The van der Waals surface area contributed by atoms with E-state index in [-0.39, 0.29) is 37.4 Å². The van der Waals surface area contributed by atoms with Gasteiger partial charge in [0.05, 0.1) is 19.2 Å². The molecule has 1 spiro atoms. The third-order valence-electron chi connectivity index (χ3n) is 4.94. The number of fused-ring (bicyclic) bond motifs is 3. The predicted molar refractivity (Wildman–Crippen MR) is 76.3 cm³/mol. The number of carbonyl (C=O) groups excluding carboxylic acids is 3. The zero-order valence-corrected chi connectivity index (χ0v) is 13.2. The van der Waals surface area contributed by atoms with Crippen LogP contribution in [0.25, 0.3) is 0 Å². The van der Waals surface area contributed by atoms with Gasteiger partial charge in [-0.15, -0.1) is 0 Å². The summed E-state index contributed by atoms with van der Waals surface area (Å²) in [7, 11) is 0. The maximum absolute atomic E-state index is 12.6. The van der Waals surface area contributed by atoms with E-state index in [1.165, 1.54) is 0 Å². The minimum Gasteiger partial charge on any atom is -0.450 e. The Morgan fingerprint density at radius 1 is 1.41 bits per heavy atom. The smallest absolute Gasteiger partial charge is 0.411 e. The van der Waals surface area contributed by atoms with E-state index in [1.807, 2.05) is 13.8 Å². The van der Waals surface area contributed by atoms with Crippen LogP contribution in [0.1, 0.15) is 40.0 Å². The van der Waals surface area contributed by atoms with Crippen LogP contribution in [0.3, 0.4) is 0 Å². The van der Waals surface area contributed by atoms with Crippen LogP contribution in [-0.2, 0) is 14.3 Å². The fraction of sp³-hybridized carbons (Fsp3) is 0.800. The normalized spacial score (nSPS) is 33.8. The third kappa shape index (κ3) is 1.98. The Balaban J connectivity index is 1.92. The van der Waals surface area contributed by atoms with E-state index >= 15 is 0 Å². The summed E-state index contributed by atoms with van der Waals surface area (Å²) in [5.74, 6) is -0.0722. The molecule has 0 radical (unpaired) electrons. The van der Waals surface area contributed by atoms with Crippen molar-refractivity contribution in [2.75, 3.05) is 13.2 Å². The van der Waals surface area contributed by atoms with Gasteiger partial charge in [0.1, 0.15) is 0 Å². The molecule has 0 unspecified atom stereocenters. The van der Waals surface area contributed by atoms with Gasteiger partial charge in [-0.2, -0.15) is 0 Å². The van der Waals surface area contributed by atoms with Gasteiger partial charge in [-0.05, 0) is 33.6 Å². The van der Waals surface area contributed by atoms with E-state index in [4.69, 9.17) is 9.47 Å². The lowest BCUT2D eigenvalue weighted by molar-refractivity contribution is -0.145. The molecule has 0 aliphatic carbocycles. The van der Waals surface area contributed by atoms with Crippen LogP contribution in [0, 0.1) is 0 Å². The van der Waals surface area contributed by atoms with Crippen molar-refractivity contribution in [2.45, 2.75) is 63.8 Å². The molecular weight excluding hydrogens is 288 g/mol. The highest BCUT2D eigenvalue weighted by Crippen LogP contribution is 2.45. The van der Waals surface area contributed by atoms with Gasteiger partial charge in [-0.1, -0.05) is 0 Å². The molecule has 2 amide bonds. The number of Topliss-reactive ketones (excluding diaryl/α,β-unsaturated/α-hetero) is 1. The van der Waals surface area contributed by atoms with E-state index in [0.29, 0.717) is 6.42 Å². The van der Waals surface area contributed by atoms with Gasteiger partial charge in [0.25, 0.3) is 0 Å². The molecule has 7 nitrogen and oxygen atoms in total. The van der Waals surface area contributed by atoms with Crippen molar-refractivity contribution in [2.24, 2.45) is 0 Å². The van der Waals surface area contributed by atoms with E-state index < -0.39 is 23.8 Å². The molecule has 3 rings (SSSR count). The molecule has 0 saturated carbocycles. The lowest BCUT2D eigenvalue weighted by atomic mass is 9.84. The van der Waals surface area contributed by atoms with Crippen LogP contribution in [0.5, 0.6) is 0 Å². The quantitative estimate of drug-likeness (QED) is 0.773. The zero-order valence-electron chi connectivity index (χ0n) is 13.2. The van der Waals surface area contributed by atoms with Gasteiger partial charge in [-0.25, -0.2) is 9.59 Å². The molecule has 0 aromatic rings. The monoisotopic (exact) mass is 310 g/mol. The first-order chi connectivity index (χ1) is 10.4. The Morgan fingerprint density at radius 2 is 2.14 bits per heavy atom. The largest absolute Gasteiger partial charge is 0.450 e. The number of amides is 2. The first-order valence-corrected chi connectivity index (χ1v) is 7.88. The molecule has 0 aromatic carbocycles. The number of hydrogen-bond donors (Lipinski definition) is 0. The Morgan fingerprint density at radius 3 is 2.73 bits per heavy atom. The Bertz CT molecular complexity index is 520. The summed E-state index contributed by atoms with van der Waals surface area (Å²) >= 11 is 0. The highest BCUT2D eigenvalue weighted by atomic mass is 16.6. The summed E-state index contributed by atoms with van der Waals surface area (Å²) in [6.07, 6.45) is 0.748. The lowest BCUT2D eigenvalue weighted by Gasteiger charge is -2.42. The van der Waals surface area contributed by atoms with Gasteiger partial charge in [0.2, 0.25) is 5.60 Å². The van der Waals surface area contributed by atoms with Crippen molar-refractivity contribution >= 4 is 18.0 Å². The summed E-state index contributed by atoms with van der Waals surface area (Å²) < 4.78 is 10.7. The second kappa shape index (κ2) is 5.14. The molecule has 0 aromatic heterocycles. The fourth-order valence-electron chi connectivity index (χ4n) is 3.86. The number of nitrogens with zero attached hydrogens (tertiary/aromatic N) is 2. The van der Waals surface area contributed by atoms with Gasteiger partial charge < -0.3 is 14.4 Å². The summed E-state index contributed by atoms with van der Waals surface area (Å²) in [5, 5.41) is 0. The van der Waals surface area contributed by atoms with Crippen LogP contribution >= 0.6 is 0 Å². The van der Waals surface area contributed by atoms with Gasteiger partial charge in [0.15, 0.2) is 5.78 Å². The number of rotatable bonds is 2. The van der Waals surface area contributed by atoms with Crippen molar-refractivity contribution in [1.29, 1.82) is 0 Å². The molecule has 2 bridgehead atoms. The molecule has 3 aliphatic heterocycles. The summed E-state index contributed by atoms with van der Waals surface area (Å²) in [4.78, 5) is 40.2. The Hall–Kier alpha value is -1.79. The van der Waals surface area contributed by atoms with E-state index in [2.05, 4.69) is 0 Å². The van der Waals surface area contributed by atoms with Crippen LogP contribution in [0.2, 0.25) is 0 Å². The maximum Gasteiger partial charge on any atom is 0.411 e. The lowest BCUT2D eigenvalue weighted by Crippen LogP contribution is -2.64. The molecule has 3 heterocycles. The van der Waals surface area contributed by atoms with E-state index in [0.717, 1.165) is 6.42 Å². The van der Waals surface area contributed by atoms with Crippen molar-refractivity contribution < 1.29 is 23.9 Å². The van der Waals surface area contributed by atoms with E-state index in [9.17, 15) is 14.4 Å². The van der Waals surface area contributed by atoms with Crippen molar-refractivity contribution in [1.82, 2.24) is 9.80 Å². The minimum atomic E-state index is -1.22. The molecule has 3 fully saturated rings. The average molecular weight is 310 g/mol. The number of ether oxygens (including phenoxy) is 2. The second-order valence-corrected chi connectivity index (χ2v) is 6.46. The standard InChI is InChI=1S/C15H22N2O5/c1-4-21-14(20)17-10-5-6-11(17)15(12(18)7-10)8-16(9(2)3)13(19)22-15/h9-11H,4-8H2,1-3H3/t10-,11+,15+/m0/s1. The highest BCUT2D eigenvalue weighted by molar-refractivity contribution is 5.95. The van der Waals surface area contributed by atoms with Crippen LogP contribution in [0.4, 0.5) is 9.59 Å². The highest BCUT2D eigenvalue weighted by Gasteiger charge is 2.65. The maximum atomic E-state index is 12.6. The van der Waals surface area contributed by atoms with Crippen molar-refractivity contribution in [3.05, 3.63) is 0 Å². The number of hydrogen-bond acceptors (Lipinski definition) is 5. The Kier molecular flexibility index (Phi) is 3.53. The molecule has 7 heteroatoms. The molecule has 3 atom stereocenters. The van der Waals surface area contributed by atoms with Gasteiger partial charge >= 0.3 is 12.2 Å². The second-order valence-electron chi connectivity index (χ2n) is 6.46. The van der Waals surface area contributed by atoms with Crippen molar-refractivity contribution in [3.63, 3.8) is 0 Å². The van der Waals surface area contributed by atoms with E-state index in [1.54, 1.807) is 16.7 Å². The number of piperidine rings is 1. The molecule has 3 saturated heterocycles. The molecular formula is C15H22N2O5. The zero-order chi connectivity index (χ0) is 16.1. The summed E-state index contributed by atoms with van der Waals surface area (Å²) in [5.41, 5.74) is -1.22. The topological polar surface area (TPSA) is 76.2 Å². The van der Waals surface area contributed by atoms with Gasteiger partial charge in [-0.3, -0.25) is 9.69 Å². The minimum absolute atomic E-state index is 0.0464. The van der Waals surface area contributed by atoms with Crippen LogP contribution in [-0.4, -0.2) is 64.6 Å². The average Bonchev–Trinajstić information content (AvgIpc) is 2.97. The summed E-state index contributed by atoms with van der Waals surface area (Å²) in [6.45, 7) is 6.02. The molecule has 3 aliphatic rings. The molecule has 122 valence electrons. The SMILES string of the molecule is CCOC(=O)N1[C@H]2CC[C@@H]1[C@]1(CN(C(C)C)C(=O)O1)C(=O)C2. The molecule has 0 N–H and O–H groups in total. The first-order valence-electron chi connectivity index (χ1n) is 7.88.